The van der Waals surface area contributed by atoms with E-state index in [4.69, 9.17) is 19.8 Å². The maximum absolute atomic E-state index is 10.6. The van der Waals surface area contributed by atoms with E-state index in [0.29, 0.717) is 6.04 Å². The van der Waals surface area contributed by atoms with Gasteiger partial charge < -0.3 is 25.5 Å². The number of alkyl halides is 6. The zero-order chi connectivity index (χ0) is 25.4. The topological polar surface area (TPSA) is 113 Å². The first-order valence-corrected chi connectivity index (χ1v) is 9.67. The largest absolute Gasteiger partial charge is 0.490 e. The molecule has 0 bridgehead atoms. The van der Waals surface area contributed by atoms with Crippen molar-refractivity contribution in [3.63, 3.8) is 0 Å². The van der Waals surface area contributed by atoms with Crippen molar-refractivity contribution in [3.8, 4) is 0 Å². The summed E-state index contributed by atoms with van der Waals surface area (Å²) in [5.74, 6) is -5.51. The summed E-state index contributed by atoms with van der Waals surface area (Å²) in [6, 6.07) is 9.01. The van der Waals surface area contributed by atoms with Gasteiger partial charge in [0.05, 0.1) is 6.10 Å². The summed E-state index contributed by atoms with van der Waals surface area (Å²) in [6.45, 7) is 7.97. The first-order valence-electron chi connectivity index (χ1n) is 9.67. The van der Waals surface area contributed by atoms with E-state index in [1.54, 1.807) is 0 Å². The molecule has 2 aliphatic heterocycles. The van der Waals surface area contributed by atoms with E-state index >= 15 is 0 Å². The van der Waals surface area contributed by atoms with Gasteiger partial charge in [-0.3, -0.25) is 4.90 Å². The van der Waals surface area contributed by atoms with E-state index in [1.165, 1.54) is 11.3 Å². The third-order valence-electron chi connectivity index (χ3n) is 4.79. The predicted molar refractivity (Wildman–Crippen MR) is 105 cm³/mol. The fourth-order valence-electron chi connectivity index (χ4n) is 3.16. The van der Waals surface area contributed by atoms with Crippen LogP contribution in [-0.2, 0) is 9.59 Å². The van der Waals surface area contributed by atoms with Crippen LogP contribution in [0, 0.1) is 6.92 Å². The Kier molecular flexibility index (Phi) is 10.4. The lowest BCUT2D eigenvalue weighted by Gasteiger charge is -2.39. The summed E-state index contributed by atoms with van der Waals surface area (Å²) in [5, 5.41) is 27.5. The number of anilines is 1. The highest BCUT2D eigenvalue weighted by Gasteiger charge is 2.39. The molecule has 1 aromatic carbocycles. The first kappa shape index (κ1) is 28.5. The van der Waals surface area contributed by atoms with E-state index in [1.807, 2.05) is 0 Å². The average Bonchev–Trinajstić information content (AvgIpc) is 3.13. The number of halogens is 6. The number of aryl methyl sites for hydroxylation is 1. The van der Waals surface area contributed by atoms with Gasteiger partial charge in [-0.25, -0.2) is 9.59 Å². The number of aliphatic hydroxyl groups excluding tert-OH is 1. The van der Waals surface area contributed by atoms with E-state index in [9.17, 15) is 31.4 Å². The minimum absolute atomic E-state index is 0.203. The Morgan fingerprint density at radius 3 is 1.79 bits per heavy atom. The van der Waals surface area contributed by atoms with E-state index in [2.05, 4.69) is 46.3 Å². The van der Waals surface area contributed by atoms with Crippen LogP contribution in [0.15, 0.2) is 24.3 Å². The monoisotopic (exact) mass is 489 g/mol. The second kappa shape index (κ2) is 12.0. The molecule has 0 amide bonds. The number of nitrogens with one attached hydrogen (secondary N) is 1. The van der Waals surface area contributed by atoms with Crippen LogP contribution in [0.5, 0.6) is 0 Å². The molecule has 0 radical (unpaired) electrons. The molecule has 0 aromatic heterocycles. The van der Waals surface area contributed by atoms with Crippen molar-refractivity contribution in [2.24, 2.45) is 0 Å². The number of hydrogen-bond donors (Lipinski definition) is 4. The molecule has 2 heterocycles. The number of rotatable bonds is 2. The van der Waals surface area contributed by atoms with Gasteiger partial charge in [0.2, 0.25) is 0 Å². The standard InChI is InChI=1S/C15H23N3O.2C2HF3O2/c1-12-3-2-4-13(9-12)17-5-7-18(8-6-17)14-10-16-11-15(14)19;2*3-2(4,5)1(6)7/h2-4,9,14-16,19H,5-8,10-11H2,1H3;2*(H,6,7)/t14-,15-;;/m0../s1. The molecule has 14 heteroatoms. The highest BCUT2D eigenvalue weighted by Crippen LogP contribution is 2.20. The SMILES string of the molecule is Cc1cccc(N2CCN([C@H]3CNC[C@@H]3O)CC2)c1.O=C(O)C(F)(F)F.O=C(O)C(F)(F)F. The number of hydrogen-bond acceptors (Lipinski definition) is 6. The number of β-amino-alcohol motifs (C(OH)–C–C–N with tert-alkyl or cyclic N) is 1. The Morgan fingerprint density at radius 1 is 0.939 bits per heavy atom. The van der Waals surface area contributed by atoms with Crippen LogP contribution in [0.1, 0.15) is 5.56 Å². The number of piperazine rings is 1. The van der Waals surface area contributed by atoms with E-state index in [0.717, 1.165) is 39.3 Å². The molecule has 8 nitrogen and oxygen atoms in total. The van der Waals surface area contributed by atoms with Gasteiger partial charge in [-0.15, -0.1) is 0 Å². The quantitative estimate of drug-likeness (QED) is 0.465. The summed E-state index contributed by atoms with van der Waals surface area (Å²) in [4.78, 5) is 22.7. The number of aliphatic carboxylic acids is 2. The fourth-order valence-corrected chi connectivity index (χ4v) is 3.16. The minimum atomic E-state index is -5.08. The van der Waals surface area contributed by atoms with Gasteiger partial charge in [0, 0.05) is 51.0 Å². The first-order chi connectivity index (χ1) is 15.1. The molecule has 1 aromatic rings. The highest BCUT2D eigenvalue weighted by molar-refractivity contribution is 5.73. The number of carbonyl (C=O) groups is 2. The lowest BCUT2D eigenvalue weighted by atomic mass is 10.1. The molecule has 2 saturated heterocycles. The molecule has 0 saturated carbocycles. The molecule has 4 N–H and O–H groups in total. The van der Waals surface area contributed by atoms with Gasteiger partial charge in [-0.2, -0.15) is 26.3 Å². The molecule has 0 aliphatic carbocycles. The number of aliphatic hydroxyl groups is 1. The van der Waals surface area contributed by atoms with Crippen molar-refractivity contribution in [1.82, 2.24) is 10.2 Å². The molecule has 2 atom stereocenters. The van der Waals surface area contributed by atoms with Gasteiger partial charge >= 0.3 is 24.3 Å². The third-order valence-corrected chi connectivity index (χ3v) is 4.79. The molecule has 2 aliphatic rings. The third kappa shape index (κ3) is 9.84. The second-order valence-electron chi connectivity index (χ2n) is 7.26. The number of carboxylic acid groups (broad SMARTS) is 2. The molecule has 3 rings (SSSR count). The number of nitrogens with zero attached hydrogens (tertiary/aromatic N) is 2. The Hall–Kier alpha value is -2.58. The van der Waals surface area contributed by atoms with Crippen LogP contribution < -0.4 is 10.2 Å². The molecule has 33 heavy (non-hydrogen) atoms. The summed E-state index contributed by atoms with van der Waals surface area (Å²) in [5.41, 5.74) is 2.64. The number of benzene rings is 1. The maximum atomic E-state index is 10.6. The normalized spacial score (nSPS) is 21.4. The zero-order valence-corrected chi connectivity index (χ0v) is 17.5. The van der Waals surface area contributed by atoms with Crippen LogP contribution in [-0.4, -0.2) is 95.9 Å². The Morgan fingerprint density at radius 2 is 1.42 bits per heavy atom. The molecule has 188 valence electrons. The maximum Gasteiger partial charge on any atom is 0.490 e. The van der Waals surface area contributed by atoms with Crippen LogP contribution in [0.4, 0.5) is 32.0 Å². The van der Waals surface area contributed by atoms with Crippen molar-refractivity contribution in [2.75, 3.05) is 44.2 Å². The van der Waals surface area contributed by atoms with Crippen LogP contribution in [0.2, 0.25) is 0 Å². The van der Waals surface area contributed by atoms with Crippen molar-refractivity contribution in [1.29, 1.82) is 0 Å². The van der Waals surface area contributed by atoms with Gasteiger partial charge in [-0.1, -0.05) is 12.1 Å². The minimum Gasteiger partial charge on any atom is -0.475 e. The molecule has 0 unspecified atom stereocenters. The van der Waals surface area contributed by atoms with Crippen LogP contribution >= 0.6 is 0 Å². The van der Waals surface area contributed by atoms with Crippen molar-refractivity contribution < 1.29 is 51.3 Å². The highest BCUT2D eigenvalue weighted by atomic mass is 19.4. The molecular weight excluding hydrogens is 464 g/mol. The lowest BCUT2D eigenvalue weighted by molar-refractivity contribution is -0.193. The van der Waals surface area contributed by atoms with Gasteiger partial charge in [-0.05, 0) is 24.6 Å². The molecule has 0 spiro atoms. The summed E-state index contributed by atoms with van der Waals surface area (Å²) >= 11 is 0. The van der Waals surface area contributed by atoms with Crippen LogP contribution in [0.25, 0.3) is 0 Å². The Bertz CT molecular complexity index is 758. The lowest BCUT2D eigenvalue weighted by Crippen LogP contribution is -2.53. The Labute approximate surface area is 185 Å². The van der Waals surface area contributed by atoms with Crippen molar-refractivity contribution in [3.05, 3.63) is 29.8 Å². The van der Waals surface area contributed by atoms with E-state index < -0.39 is 24.3 Å². The number of carboxylic acids is 2. The summed E-state index contributed by atoms with van der Waals surface area (Å²) in [7, 11) is 0. The van der Waals surface area contributed by atoms with Crippen molar-refractivity contribution in [2.45, 2.75) is 31.4 Å². The van der Waals surface area contributed by atoms with Crippen LogP contribution in [0.3, 0.4) is 0 Å². The van der Waals surface area contributed by atoms with Gasteiger partial charge in [0.15, 0.2) is 0 Å². The van der Waals surface area contributed by atoms with Gasteiger partial charge in [0.25, 0.3) is 0 Å². The Balaban J connectivity index is 0.000000324. The smallest absolute Gasteiger partial charge is 0.475 e. The van der Waals surface area contributed by atoms with E-state index in [-0.39, 0.29) is 6.10 Å². The fraction of sp³-hybridized carbons (Fsp3) is 0.579. The summed E-state index contributed by atoms with van der Waals surface area (Å²) < 4.78 is 63.5. The van der Waals surface area contributed by atoms with Gasteiger partial charge in [0.1, 0.15) is 0 Å². The average molecular weight is 489 g/mol. The predicted octanol–water partition coefficient (Wildman–Crippen LogP) is 1.72. The zero-order valence-electron chi connectivity index (χ0n) is 17.5. The van der Waals surface area contributed by atoms with Crippen molar-refractivity contribution >= 4 is 17.6 Å². The molecule has 2 fully saturated rings. The second-order valence-corrected chi connectivity index (χ2v) is 7.26. The summed E-state index contributed by atoms with van der Waals surface area (Å²) in [6.07, 6.45) is -10.4. The molecular formula is C19H25F6N3O5.